The van der Waals surface area contributed by atoms with Crippen LogP contribution in [0.4, 0.5) is 4.39 Å². The zero-order chi connectivity index (χ0) is 13.0. The summed E-state index contributed by atoms with van der Waals surface area (Å²) in [4.78, 5) is 0. The molecular weight excluding hydrogens is 229 g/mol. The summed E-state index contributed by atoms with van der Waals surface area (Å²) in [5.41, 5.74) is 1.09. The van der Waals surface area contributed by atoms with Crippen molar-refractivity contribution in [2.24, 2.45) is 5.92 Å². The second-order valence-electron chi connectivity index (χ2n) is 5.16. The van der Waals surface area contributed by atoms with Gasteiger partial charge in [-0.3, -0.25) is 0 Å². The minimum absolute atomic E-state index is 0.280. The Morgan fingerprint density at radius 3 is 2.94 bits per heavy atom. The van der Waals surface area contributed by atoms with Crippen molar-refractivity contribution >= 4 is 0 Å². The molecule has 0 saturated heterocycles. The molecule has 1 aromatic carbocycles. The van der Waals surface area contributed by atoms with E-state index in [-0.39, 0.29) is 11.9 Å². The average Bonchev–Trinajstić information content (AvgIpc) is 2.36. The lowest BCUT2D eigenvalue weighted by molar-refractivity contribution is 0.00457. The molecule has 1 aliphatic carbocycles. The molecule has 0 heterocycles. The fraction of sp³-hybridized carbons (Fsp3) is 0.533. The Kier molecular flexibility index (Phi) is 4.33. The van der Waals surface area contributed by atoms with Gasteiger partial charge in [0.1, 0.15) is 5.82 Å². The molecule has 2 unspecified atom stereocenters. The summed E-state index contributed by atoms with van der Waals surface area (Å²) in [6, 6.07) is 6.33. The molecule has 2 nitrogen and oxygen atoms in total. The molecule has 0 amide bonds. The Morgan fingerprint density at radius 2 is 2.22 bits per heavy atom. The van der Waals surface area contributed by atoms with Crippen LogP contribution in [0.1, 0.15) is 43.7 Å². The number of hydrogen-bond acceptors (Lipinski definition) is 2. The van der Waals surface area contributed by atoms with E-state index in [1.165, 1.54) is 25.0 Å². The summed E-state index contributed by atoms with van der Waals surface area (Å²) >= 11 is 0. The lowest BCUT2D eigenvalue weighted by atomic mass is 9.89. The quantitative estimate of drug-likeness (QED) is 0.814. The molecule has 0 aliphatic heterocycles. The molecule has 0 bridgehead atoms. The topological polar surface area (TPSA) is 33.0 Å². The zero-order valence-electron chi connectivity index (χ0n) is 10.7. The molecule has 2 atom stereocenters. The molecule has 18 heavy (non-hydrogen) atoms. The monoisotopic (exact) mass is 247 g/mol. The van der Waals surface area contributed by atoms with Gasteiger partial charge in [-0.05, 0) is 42.5 Å². The fourth-order valence-corrected chi connectivity index (χ4v) is 2.54. The second kappa shape index (κ2) is 5.97. The largest absolute Gasteiger partial charge is 0.374 e. The van der Waals surface area contributed by atoms with Gasteiger partial charge >= 0.3 is 0 Å². The molecule has 0 radical (unpaired) electrons. The van der Waals surface area contributed by atoms with Gasteiger partial charge in [-0.25, -0.2) is 4.39 Å². The van der Waals surface area contributed by atoms with Gasteiger partial charge in [0.2, 0.25) is 0 Å². The first-order chi connectivity index (χ1) is 8.67. The first kappa shape index (κ1) is 13.0. The highest BCUT2D eigenvalue weighted by atomic mass is 19.1. The van der Waals surface area contributed by atoms with Crippen LogP contribution in [0.15, 0.2) is 18.2 Å². The third kappa shape index (κ3) is 3.54. The Morgan fingerprint density at radius 1 is 1.39 bits per heavy atom. The van der Waals surface area contributed by atoms with E-state index in [2.05, 4.69) is 6.92 Å². The first-order valence-corrected chi connectivity index (χ1v) is 6.48. The lowest BCUT2D eigenvalue weighted by Gasteiger charge is -2.26. The molecule has 0 N–H and O–H groups in total. The fourth-order valence-electron chi connectivity index (χ4n) is 2.54. The van der Waals surface area contributed by atoms with Crippen molar-refractivity contribution in [3.05, 3.63) is 35.1 Å². The van der Waals surface area contributed by atoms with E-state index in [0.29, 0.717) is 18.1 Å². The first-order valence-electron chi connectivity index (χ1n) is 6.48. The normalized spacial score (nSPS) is 23.6. The van der Waals surface area contributed by atoms with E-state index in [4.69, 9.17) is 10.00 Å². The zero-order valence-corrected chi connectivity index (χ0v) is 10.7. The van der Waals surface area contributed by atoms with Crippen LogP contribution in [0.2, 0.25) is 0 Å². The van der Waals surface area contributed by atoms with Gasteiger partial charge in [0.25, 0.3) is 0 Å². The third-order valence-corrected chi connectivity index (χ3v) is 3.46. The van der Waals surface area contributed by atoms with Crippen molar-refractivity contribution in [1.82, 2.24) is 0 Å². The second-order valence-corrected chi connectivity index (χ2v) is 5.16. The number of benzene rings is 1. The highest BCUT2D eigenvalue weighted by Crippen LogP contribution is 2.26. The van der Waals surface area contributed by atoms with E-state index in [9.17, 15) is 4.39 Å². The van der Waals surface area contributed by atoms with Crippen LogP contribution in [0, 0.1) is 23.1 Å². The predicted molar refractivity (Wildman–Crippen MR) is 67.3 cm³/mol. The van der Waals surface area contributed by atoms with Crippen molar-refractivity contribution in [3.63, 3.8) is 0 Å². The van der Waals surface area contributed by atoms with Gasteiger partial charge in [0.15, 0.2) is 0 Å². The van der Waals surface area contributed by atoms with E-state index in [0.717, 1.165) is 18.4 Å². The van der Waals surface area contributed by atoms with E-state index in [1.54, 1.807) is 6.07 Å². The highest BCUT2D eigenvalue weighted by molar-refractivity contribution is 5.33. The number of nitriles is 1. The molecule has 1 fully saturated rings. The van der Waals surface area contributed by atoms with E-state index < -0.39 is 0 Å². The van der Waals surface area contributed by atoms with Gasteiger partial charge in [0.05, 0.1) is 24.3 Å². The molecule has 2 rings (SSSR count). The third-order valence-electron chi connectivity index (χ3n) is 3.46. The summed E-state index contributed by atoms with van der Waals surface area (Å²) in [5, 5.41) is 8.78. The lowest BCUT2D eigenvalue weighted by Crippen LogP contribution is -2.21. The molecule has 1 aromatic rings. The van der Waals surface area contributed by atoms with Crippen molar-refractivity contribution in [2.45, 2.75) is 45.3 Å². The number of ether oxygens (including phenoxy) is 1. The van der Waals surface area contributed by atoms with Crippen LogP contribution in [-0.2, 0) is 11.3 Å². The maximum atomic E-state index is 13.2. The van der Waals surface area contributed by atoms with Crippen molar-refractivity contribution in [2.75, 3.05) is 0 Å². The van der Waals surface area contributed by atoms with Gasteiger partial charge in [-0.2, -0.15) is 5.26 Å². The maximum absolute atomic E-state index is 13.2. The van der Waals surface area contributed by atoms with Crippen molar-refractivity contribution in [3.8, 4) is 6.07 Å². The number of rotatable bonds is 3. The Hall–Kier alpha value is -1.40. The Bertz CT molecular complexity index is 452. The molecule has 1 saturated carbocycles. The van der Waals surface area contributed by atoms with Crippen LogP contribution in [0.25, 0.3) is 0 Å². The Balaban J connectivity index is 1.93. The highest BCUT2D eigenvalue weighted by Gasteiger charge is 2.19. The van der Waals surface area contributed by atoms with Crippen LogP contribution in [0.3, 0.4) is 0 Å². The smallest absolute Gasteiger partial charge is 0.124 e. The summed E-state index contributed by atoms with van der Waals surface area (Å²) in [6.45, 7) is 2.63. The van der Waals surface area contributed by atoms with Crippen LogP contribution < -0.4 is 0 Å². The number of hydrogen-bond donors (Lipinski definition) is 0. The standard InChI is InChI=1S/C15H18FNO/c1-11-3-2-4-15(5-11)18-10-13-6-12(9-17)7-14(16)8-13/h6-8,11,15H,2-5,10H2,1H3. The van der Waals surface area contributed by atoms with Crippen LogP contribution >= 0.6 is 0 Å². The number of nitrogens with zero attached hydrogens (tertiary/aromatic N) is 1. The maximum Gasteiger partial charge on any atom is 0.124 e. The summed E-state index contributed by atoms with van der Waals surface area (Å²) in [6.07, 6.45) is 4.93. The van der Waals surface area contributed by atoms with E-state index >= 15 is 0 Å². The molecule has 3 heteroatoms. The summed E-state index contributed by atoms with van der Waals surface area (Å²) < 4.78 is 19.1. The van der Waals surface area contributed by atoms with Crippen molar-refractivity contribution in [1.29, 1.82) is 5.26 Å². The molecular formula is C15H18FNO. The SMILES string of the molecule is CC1CCCC(OCc2cc(F)cc(C#N)c2)C1. The minimum Gasteiger partial charge on any atom is -0.374 e. The van der Waals surface area contributed by atoms with Crippen LogP contribution in [0.5, 0.6) is 0 Å². The van der Waals surface area contributed by atoms with Crippen LogP contribution in [-0.4, -0.2) is 6.10 Å². The summed E-state index contributed by atoms with van der Waals surface area (Å²) in [7, 11) is 0. The van der Waals surface area contributed by atoms with Gasteiger partial charge in [0, 0.05) is 0 Å². The minimum atomic E-state index is -0.371. The molecule has 1 aliphatic rings. The Labute approximate surface area is 107 Å². The predicted octanol–water partition coefficient (Wildman–Crippen LogP) is 3.79. The molecule has 0 aromatic heterocycles. The number of halogens is 1. The van der Waals surface area contributed by atoms with E-state index in [1.807, 2.05) is 6.07 Å². The van der Waals surface area contributed by atoms with Crippen molar-refractivity contribution < 1.29 is 9.13 Å². The molecule has 96 valence electrons. The van der Waals surface area contributed by atoms with Gasteiger partial charge in [-0.15, -0.1) is 0 Å². The average molecular weight is 247 g/mol. The van der Waals surface area contributed by atoms with Gasteiger partial charge in [-0.1, -0.05) is 19.8 Å². The summed E-state index contributed by atoms with van der Waals surface area (Å²) in [5.74, 6) is 0.343. The van der Waals surface area contributed by atoms with Gasteiger partial charge < -0.3 is 4.74 Å². The molecule has 0 spiro atoms.